The van der Waals surface area contributed by atoms with Gasteiger partial charge in [0.1, 0.15) is 6.10 Å². The fourth-order valence-electron chi connectivity index (χ4n) is 2.59. The molecule has 4 heteroatoms. The first-order valence-electron chi connectivity index (χ1n) is 6.87. The molecule has 2 aliphatic rings. The van der Waals surface area contributed by atoms with Gasteiger partial charge in [-0.3, -0.25) is 0 Å². The molecular formula is C15H20Br2O2. The standard InChI is InChI=1S/C15H20Br2O2/c1-2-13-12(17)7-3-4-8-14-15(19-13)10-11(18-14)6-5-9-16/h4,6,8-9,11-15H,2-3,7,10H2,1H3/b8-4-/t5?,11-,12-,13+,14+,15+/m1/s1. The first kappa shape index (κ1) is 15.5. The molecule has 0 unspecified atom stereocenters. The Morgan fingerprint density at radius 1 is 1.42 bits per heavy atom. The van der Waals surface area contributed by atoms with Crippen LogP contribution in [0.2, 0.25) is 0 Å². The third-order valence-corrected chi connectivity index (χ3v) is 4.91. The summed E-state index contributed by atoms with van der Waals surface area (Å²) in [5.74, 6) is 0. The maximum Gasteiger partial charge on any atom is 0.103 e. The van der Waals surface area contributed by atoms with Gasteiger partial charge in [-0.2, -0.15) is 0 Å². The molecule has 1 fully saturated rings. The van der Waals surface area contributed by atoms with E-state index in [9.17, 15) is 0 Å². The third kappa shape index (κ3) is 4.30. The minimum absolute atomic E-state index is 0.0743. The molecule has 0 aromatic carbocycles. The van der Waals surface area contributed by atoms with Crippen molar-refractivity contribution in [1.82, 2.24) is 0 Å². The predicted octanol–water partition coefficient (Wildman–Crippen LogP) is 4.48. The van der Waals surface area contributed by atoms with Crippen LogP contribution in [0.5, 0.6) is 0 Å². The fraction of sp³-hybridized carbons (Fsp3) is 0.667. The number of allylic oxidation sites excluding steroid dienone is 1. The lowest BCUT2D eigenvalue weighted by atomic mass is 10.1. The van der Waals surface area contributed by atoms with Crippen molar-refractivity contribution >= 4 is 31.9 Å². The van der Waals surface area contributed by atoms with Gasteiger partial charge in [0.2, 0.25) is 0 Å². The monoisotopic (exact) mass is 390 g/mol. The van der Waals surface area contributed by atoms with E-state index in [-0.39, 0.29) is 24.4 Å². The van der Waals surface area contributed by atoms with Crippen molar-refractivity contribution in [3.8, 4) is 0 Å². The highest BCUT2D eigenvalue weighted by molar-refractivity contribution is 9.11. The Labute approximate surface area is 132 Å². The third-order valence-electron chi connectivity index (χ3n) is 3.60. The van der Waals surface area contributed by atoms with Crippen molar-refractivity contribution in [3.63, 3.8) is 0 Å². The summed E-state index contributed by atoms with van der Waals surface area (Å²) in [6, 6.07) is 0. The van der Waals surface area contributed by atoms with Crippen molar-refractivity contribution in [3.05, 3.63) is 28.9 Å². The second-order valence-electron chi connectivity index (χ2n) is 4.96. The summed E-state index contributed by atoms with van der Waals surface area (Å²) in [5, 5.41) is 0. The molecule has 0 bridgehead atoms. The number of hydrogen-bond donors (Lipinski definition) is 0. The smallest absolute Gasteiger partial charge is 0.103 e. The molecule has 2 aliphatic heterocycles. The van der Waals surface area contributed by atoms with E-state index in [4.69, 9.17) is 9.47 Å². The predicted molar refractivity (Wildman–Crippen MR) is 84.9 cm³/mol. The number of halogens is 2. The van der Waals surface area contributed by atoms with Gasteiger partial charge in [-0.05, 0) is 25.3 Å². The molecule has 0 aromatic heterocycles. The Hall–Kier alpha value is 0.140. The topological polar surface area (TPSA) is 18.5 Å². The van der Waals surface area contributed by atoms with Crippen LogP contribution in [0.4, 0.5) is 0 Å². The second-order valence-corrected chi connectivity index (χ2v) is 6.59. The van der Waals surface area contributed by atoms with Gasteiger partial charge in [0.15, 0.2) is 0 Å². The van der Waals surface area contributed by atoms with Gasteiger partial charge >= 0.3 is 0 Å². The molecule has 2 nitrogen and oxygen atoms in total. The van der Waals surface area contributed by atoms with E-state index in [1.54, 1.807) is 4.99 Å². The maximum absolute atomic E-state index is 6.27. The number of rotatable bonds is 2. The molecule has 0 N–H and O–H groups in total. The van der Waals surface area contributed by atoms with E-state index in [1.165, 1.54) is 0 Å². The molecule has 0 aliphatic carbocycles. The van der Waals surface area contributed by atoms with Crippen LogP contribution in [0.25, 0.3) is 0 Å². The molecule has 19 heavy (non-hydrogen) atoms. The molecule has 0 spiro atoms. The molecule has 2 rings (SSSR count). The highest BCUT2D eigenvalue weighted by Gasteiger charge is 2.36. The van der Waals surface area contributed by atoms with Crippen LogP contribution in [0.3, 0.4) is 0 Å². The van der Waals surface area contributed by atoms with Crippen LogP contribution in [-0.2, 0) is 9.47 Å². The van der Waals surface area contributed by atoms with Crippen LogP contribution in [-0.4, -0.2) is 29.2 Å². The molecule has 0 radical (unpaired) electrons. The van der Waals surface area contributed by atoms with E-state index in [1.807, 2.05) is 6.08 Å². The Kier molecular flexibility index (Phi) is 6.37. The summed E-state index contributed by atoms with van der Waals surface area (Å²) in [4.78, 5) is 2.15. The SMILES string of the molecule is CC[C@@H]1O[C@H]2C[C@@H](C=C=CBr)O[C@H]2/C=C\CC[C@H]1Br. The quantitative estimate of drug-likeness (QED) is 0.392. The van der Waals surface area contributed by atoms with E-state index in [2.05, 4.69) is 56.7 Å². The molecular weight excluding hydrogens is 372 g/mol. The fourth-order valence-corrected chi connectivity index (χ4v) is 3.51. The zero-order chi connectivity index (χ0) is 13.7. The molecule has 0 aromatic rings. The summed E-state index contributed by atoms with van der Waals surface area (Å²) in [5.41, 5.74) is 3.03. The van der Waals surface area contributed by atoms with Gasteiger partial charge in [-0.15, -0.1) is 5.73 Å². The Bertz CT molecular complexity index is 374. The summed E-state index contributed by atoms with van der Waals surface area (Å²) in [6.07, 6.45) is 11.0. The number of hydrogen-bond acceptors (Lipinski definition) is 2. The van der Waals surface area contributed by atoms with Crippen molar-refractivity contribution in [1.29, 1.82) is 0 Å². The van der Waals surface area contributed by atoms with E-state index in [0.29, 0.717) is 4.83 Å². The van der Waals surface area contributed by atoms with E-state index in [0.717, 1.165) is 25.7 Å². The molecule has 106 valence electrons. The van der Waals surface area contributed by atoms with Crippen molar-refractivity contribution < 1.29 is 9.47 Å². The number of alkyl halides is 1. The largest absolute Gasteiger partial charge is 0.371 e. The van der Waals surface area contributed by atoms with Crippen LogP contribution in [0, 0.1) is 0 Å². The van der Waals surface area contributed by atoms with Gasteiger partial charge in [-0.1, -0.05) is 50.9 Å². The van der Waals surface area contributed by atoms with Crippen molar-refractivity contribution in [2.75, 3.05) is 0 Å². The van der Waals surface area contributed by atoms with E-state index >= 15 is 0 Å². The average molecular weight is 392 g/mol. The highest BCUT2D eigenvalue weighted by atomic mass is 79.9. The van der Waals surface area contributed by atoms with Crippen LogP contribution in [0.1, 0.15) is 32.6 Å². The Morgan fingerprint density at radius 3 is 3.00 bits per heavy atom. The Morgan fingerprint density at radius 2 is 2.26 bits per heavy atom. The van der Waals surface area contributed by atoms with Crippen LogP contribution < -0.4 is 0 Å². The molecule has 1 saturated heterocycles. The van der Waals surface area contributed by atoms with Gasteiger partial charge in [0.25, 0.3) is 0 Å². The number of fused-ring (bicyclic) bond motifs is 1. The molecule has 0 saturated carbocycles. The minimum atomic E-state index is 0.0743. The minimum Gasteiger partial charge on any atom is -0.371 e. The first-order valence-corrected chi connectivity index (χ1v) is 8.70. The van der Waals surface area contributed by atoms with E-state index < -0.39 is 0 Å². The van der Waals surface area contributed by atoms with Crippen LogP contribution >= 0.6 is 31.9 Å². The average Bonchev–Trinajstić information content (AvgIpc) is 2.81. The lowest BCUT2D eigenvalue weighted by Crippen LogP contribution is -2.32. The highest BCUT2D eigenvalue weighted by Crippen LogP contribution is 2.31. The summed E-state index contributed by atoms with van der Waals surface area (Å²) < 4.78 is 12.3. The molecule has 0 amide bonds. The molecule has 5 atom stereocenters. The molecule has 2 heterocycles. The second kappa shape index (κ2) is 7.80. The first-order chi connectivity index (χ1) is 9.24. The normalized spacial score (nSPS) is 40.3. The number of ether oxygens (including phenoxy) is 2. The summed E-state index contributed by atoms with van der Waals surface area (Å²) >= 11 is 6.98. The lowest BCUT2D eigenvalue weighted by molar-refractivity contribution is -0.0387. The Balaban J connectivity index is 2.08. The van der Waals surface area contributed by atoms with Crippen LogP contribution in [0.15, 0.2) is 28.9 Å². The zero-order valence-electron chi connectivity index (χ0n) is 11.1. The lowest BCUT2D eigenvalue weighted by Gasteiger charge is -2.25. The van der Waals surface area contributed by atoms with Crippen molar-refractivity contribution in [2.24, 2.45) is 0 Å². The van der Waals surface area contributed by atoms with Crippen molar-refractivity contribution in [2.45, 2.75) is 61.9 Å². The van der Waals surface area contributed by atoms with Gasteiger partial charge < -0.3 is 9.47 Å². The van der Waals surface area contributed by atoms with Gasteiger partial charge in [0, 0.05) is 16.2 Å². The van der Waals surface area contributed by atoms with Gasteiger partial charge in [-0.25, -0.2) is 0 Å². The summed E-state index contributed by atoms with van der Waals surface area (Å²) in [7, 11) is 0. The zero-order valence-corrected chi connectivity index (χ0v) is 14.3. The summed E-state index contributed by atoms with van der Waals surface area (Å²) in [6.45, 7) is 2.18. The van der Waals surface area contributed by atoms with Gasteiger partial charge in [0.05, 0.1) is 18.3 Å². The maximum atomic E-state index is 6.27.